The summed E-state index contributed by atoms with van der Waals surface area (Å²) < 4.78 is 0. The van der Waals surface area contributed by atoms with Crippen molar-refractivity contribution in [2.75, 3.05) is 0 Å². The molecular formula is C17H16O. The van der Waals surface area contributed by atoms with E-state index in [0.717, 1.165) is 11.8 Å². The number of aldehydes is 1. The van der Waals surface area contributed by atoms with Gasteiger partial charge in [-0.1, -0.05) is 67.6 Å². The third-order valence-corrected chi connectivity index (χ3v) is 4.29. The van der Waals surface area contributed by atoms with Crippen LogP contribution in [0, 0.1) is 5.92 Å². The molecule has 3 rings (SSSR count). The summed E-state index contributed by atoms with van der Waals surface area (Å²) in [7, 11) is 0. The zero-order valence-electron chi connectivity index (χ0n) is 10.4. The Labute approximate surface area is 107 Å². The van der Waals surface area contributed by atoms with Gasteiger partial charge in [0.15, 0.2) is 0 Å². The van der Waals surface area contributed by atoms with Gasteiger partial charge in [-0.25, -0.2) is 0 Å². The van der Waals surface area contributed by atoms with Gasteiger partial charge in [-0.05, 0) is 17.0 Å². The molecule has 1 fully saturated rings. The zero-order chi connectivity index (χ0) is 12.6. The molecule has 1 nitrogen and oxygen atoms in total. The van der Waals surface area contributed by atoms with Crippen molar-refractivity contribution in [1.29, 1.82) is 0 Å². The number of carbonyl (C=O) groups excluding carboxylic acids is 1. The van der Waals surface area contributed by atoms with E-state index in [0.29, 0.717) is 11.8 Å². The van der Waals surface area contributed by atoms with Crippen LogP contribution in [0.2, 0.25) is 0 Å². The SMILES string of the molecule is C[C@H]1[C@@H](c2ccccc2)[C@]1(C=O)c1ccccc1. The Morgan fingerprint density at radius 2 is 1.50 bits per heavy atom. The number of hydrogen-bond acceptors (Lipinski definition) is 1. The minimum absolute atomic E-state index is 0.317. The summed E-state index contributed by atoms with van der Waals surface area (Å²) in [6.07, 6.45) is 1.14. The minimum atomic E-state index is -0.317. The molecule has 2 aromatic rings. The van der Waals surface area contributed by atoms with Crippen LogP contribution in [0.1, 0.15) is 24.0 Å². The summed E-state index contributed by atoms with van der Waals surface area (Å²) in [6.45, 7) is 2.17. The van der Waals surface area contributed by atoms with Gasteiger partial charge in [0.2, 0.25) is 0 Å². The van der Waals surface area contributed by atoms with E-state index in [1.807, 2.05) is 36.4 Å². The van der Waals surface area contributed by atoms with Crippen LogP contribution in [-0.2, 0) is 10.2 Å². The molecule has 2 aromatic carbocycles. The fourth-order valence-corrected chi connectivity index (χ4v) is 3.23. The lowest BCUT2D eigenvalue weighted by atomic mass is 9.91. The molecule has 1 heteroatoms. The van der Waals surface area contributed by atoms with Crippen molar-refractivity contribution >= 4 is 6.29 Å². The van der Waals surface area contributed by atoms with Crippen LogP contribution in [-0.4, -0.2) is 6.29 Å². The summed E-state index contributed by atoms with van der Waals surface area (Å²) >= 11 is 0. The number of hydrogen-bond donors (Lipinski definition) is 0. The third-order valence-electron chi connectivity index (χ3n) is 4.29. The Bertz CT molecular complexity index is 546. The fraction of sp³-hybridized carbons (Fsp3) is 0.235. The minimum Gasteiger partial charge on any atom is -0.302 e. The normalized spacial score (nSPS) is 29.8. The monoisotopic (exact) mass is 236 g/mol. The molecule has 18 heavy (non-hydrogen) atoms. The summed E-state index contributed by atoms with van der Waals surface area (Å²) in [6, 6.07) is 20.5. The number of benzene rings is 2. The van der Waals surface area contributed by atoms with E-state index < -0.39 is 0 Å². The molecule has 1 saturated carbocycles. The van der Waals surface area contributed by atoms with Crippen molar-refractivity contribution in [2.45, 2.75) is 18.3 Å². The highest BCUT2D eigenvalue weighted by Gasteiger charge is 2.63. The van der Waals surface area contributed by atoms with Gasteiger partial charge in [-0.2, -0.15) is 0 Å². The predicted octanol–water partition coefficient (Wildman–Crippen LogP) is 3.56. The lowest BCUT2D eigenvalue weighted by Gasteiger charge is -2.10. The highest BCUT2D eigenvalue weighted by Crippen LogP contribution is 2.64. The third kappa shape index (κ3) is 1.43. The highest BCUT2D eigenvalue weighted by molar-refractivity contribution is 5.78. The predicted molar refractivity (Wildman–Crippen MR) is 72.5 cm³/mol. The highest BCUT2D eigenvalue weighted by atomic mass is 16.1. The smallest absolute Gasteiger partial charge is 0.131 e. The fourth-order valence-electron chi connectivity index (χ4n) is 3.23. The van der Waals surface area contributed by atoms with Gasteiger partial charge in [-0.3, -0.25) is 0 Å². The Hall–Kier alpha value is -1.89. The maximum Gasteiger partial charge on any atom is 0.131 e. The molecule has 0 saturated heterocycles. The molecule has 0 spiro atoms. The van der Waals surface area contributed by atoms with Crippen LogP contribution >= 0.6 is 0 Å². The Balaban J connectivity index is 2.04. The van der Waals surface area contributed by atoms with Crippen LogP contribution in [0.15, 0.2) is 60.7 Å². The van der Waals surface area contributed by atoms with E-state index >= 15 is 0 Å². The Morgan fingerprint density at radius 3 is 2.06 bits per heavy atom. The second-order valence-corrected chi connectivity index (χ2v) is 5.09. The number of carbonyl (C=O) groups is 1. The summed E-state index contributed by atoms with van der Waals surface area (Å²) in [5.41, 5.74) is 2.09. The van der Waals surface area contributed by atoms with Crippen LogP contribution in [0.5, 0.6) is 0 Å². The van der Waals surface area contributed by atoms with Crippen molar-refractivity contribution in [1.82, 2.24) is 0 Å². The van der Waals surface area contributed by atoms with Crippen molar-refractivity contribution in [3.8, 4) is 0 Å². The van der Waals surface area contributed by atoms with E-state index in [1.54, 1.807) is 0 Å². The van der Waals surface area contributed by atoms with Crippen LogP contribution in [0.4, 0.5) is 0 Å². The molecule has 0 unspecified atom stereocenters. The molecule has 0 N–H and O–H groups in total. The van der Waals surface area contributed by atoms with E-state index in [2.05, 4.69) is 31.2 Å². The molecule has 0 aliphatic heterocycles. The molecule has 0 radical (unpaired) electrons. The van der Waals surface area contributed by atoms with Crippen LogP contribution in [0.3, 0.4) is 0 Å². The first-order valence-corrected chi connectivity index (χ1v) is 6.37. The van der Waals surface area contributed by atoms with E-state index in [9.17, 15) is 4.79 Å². The maximum atomic E-state index is 11.7. The second-order valence-electron chi connectivity index (χ2n) is 5.09. The van der Waals surface area contributed by atoms with E-state index in [4.69, 9.17) is 0 Å². The van der Waals surface area contributed by atoms with E-state index in [1.165, 1.54) is 5.56 Å². The van der Waals surface area contributed by atoms with Gasteiger partial charge >= 0.3 is 0 Å². The summed E-state index contributed by atoms with van der Waals surface area (Å²) in [4.78, 5) is 11.7. The lowest BCUT2D eigenvalue weighted by molar-refractivity contribution is -0.110. The van der Waals surface area contributed by atoms with Crippen molar-refractivity contribution in [2.24, 2.45) is 5.92 Å². The summed E-state index contributed by atoms with van der Waals surface area (Å²) in [5, 5.41) is 0. The quantitative estimate of drug-likeness (QED) is 0.745. The van der Waals surface area contributed by atoms with Crippen molar-refractivity contribution in [3.05, 3.63) is 71.8 Å². The molecule has 1 aliphatic carbocycles. The molecular weight excluding hydrogens is 220 g/mol. The standard InChI is InChI=1S/C17H16O/c1-13-16(14-8-4-2-5-9-14)17(13,12-18)15-10-6-3-7-11-15/h2-13,16H,1H3/t13-,16-,17-/m0/s1. The second kappa shape index (κ2) is 4.09. The molecule has 0 amide bonds. The van der Waals surface area contributed by atoms with Crippen molar-refractivity contribution < 1.29 is 4.79 Å². The molecule has 90 valence electrons. The van der Waals surface area contributed by atoms with Gasteiger partial charge in [-0.15, -0.1) is 0 Å². The van der Waals surface area contributed by atoms with Gasteiger partial charge in [0.1, 0.15) is 6.29 Å². The molecule has 1 aliphatic rings. The summed E-state index contributed by atoms with van der Waals surface area (Å²) in [5.74, 6) is 0.693. The van der Waals surface area contributed by atoms with Crippen LogP contribution in [0.25, 0.3) is 0 Å². The maximum absolute atomic E-state index is 11.7. The lowest BCUT2D eigenvalue weighted by Crippen LogP contribution is -2.12. The van der Waals surface area contributed by atoms with E-state index in [-0.39, 0.29) is 5.41 Å². The van der Waals surface area contributed by atoms with Gasteiger partial charge in [0, 0.05) is 5.92 Å². The molecule has 3 atom stereocenters. The van der Waals surface area contributed by atoms with Crippen molar-refractivity contribution in [3.63, 3.8) is 0 Å². The average Bonchev–Trinajstić information content (AvgIpc) is 3.07. The molecule has 0 bridgehead atoms. The Kier molecular flexibility index (Phi) is 2.55. The largest absolute Gasteiger partial charge is 0.302 e. The average molecular weight is 236 g/mol. The zero-order valence-corrected chi connectivity index (χ0v) is 10.4. The molecule has 0 heterocycles. The van der Waals surface area contributed by atoms with Gasteiger partial charge < -0.3 is 4.79 Å². The molecule has 0 aromatic heterocycles. The first kappa shape index (κ1) is 11.2. The number of rotatable bonds is 3. The van der Waals surface area contributed by atoms with Gasteiger partial charge in [0.25, 0.3) is 0 Å². The van der Waals surface area contributed by atoms with Gasteiger partial charge in [0.05, 0.1) is 5.41 Å². The Morgan fingerprint density at radius 1 is 0.944 bits per heavy atom. The first-order chi connectivity index (χ1) is 8.80. The first-order valence-electron chi connectivity index (χ1n) is 6.37. The topological polar surface area (TPSA) is 17.1 Å². The van der Waals surface area contributed by atoms with Crippen LogP contribution < -0.4 is 0 Å².